The molecule has 2 aliphatic carbocycles. The molecule has 21 heavy (non-hydrogen) atoms. The summed E-state index contributed by atoms with van der Waals surface area (Å²) in [5, 5.41) is 6.76. The summed E-state index contributed by atoms with van der Waals surface area (Å²) in [4.78, 5) is 4.27. The van der Waals surface area contributed by atoms with Crippen molar-refractivity contribution in [1.82, 2.24) is 10.6 Å². The monoisotopic (exact) mass is 287 g/mol. The van der Waals surface area contributed by atoms with Gasteiger partial charge in [-0.3, -0.25) is 4.99 Å². The zero-order chi connectivity index (χ0) is 14.5. The number of aliphatic imine (C=N–C) groups is 1. The van der Waals surface area contributed by atoms with Crippen molar-refractivity contribution in [3.63, 3.8) is 0 Å². The number of nitrogens with zero attached hydrogens (tertiary/aromatic N) is 1. The highest BCUT2D eigenvalue weighted by atomic mass is 16.5. The Bertz CT molecular complexity index is 493. The largest absolute Gasteiger partial charge is 0.490 e. The minimum absolute atomic E-state index is 0.415. The molecule has 2 aliphatic rings. The van der Waals surface area contributed by atoms with Crippen LogP contribution in [0, 0.1) is 5.92 Å². The quantitative estimate of drug-likeness (QED) is 0.624. The number of rotatable bonds is 6. The zero-order valence-electron chi connectivity index (χ0n) is 12.8. The van der Waals surface area contributed by atoms with Gasteiger partial charge in [0.15, 0.2) is 5.96 Å². The van der Waals surface area contributed by atoms with E-state index in [4.69, 9.17) is 4.74 Å². The topological polar surface area (TPSA) is 45.7 Å². The van der Waals surface area contributed by atoms with Crippen LogP contribution < -0.4 is 15.4 Å². The molecule has 0 unspecified atom stereocenters. The molecule has 1 aromatic rings. The van der Waals surface area contributed by atoms with Crippen LogP contribution in [-0.2, 0) is 6.54 Å². The lowest BCUT2D eigenvalue weighted by molar-refractivity contribution is 0.119. The fourth-order valence-electron chi connectivity index (χ4n) is 2.40. The SMILES string of the molecule is CN=C(NCc1ccccc1OC1CCC1)NCC1CC1. The average Bonchev–Trinajstić information content (AvgIpc) is 3.28. The molecule has 0 atom stereocenters. The van der Waals surface area contributed by atoms with Gasteiger partial charge >= 0.3 is 0 Å². The van der Waals surface area contributed by atoms with E-state index < -0.39 is 0 Å². The normalized spacial score (nSPS) is 19.0. The smallest absolute Gasteiger partial charge is 0.191 e. The number of benzene rings is 1. The van der Waals surface area contributed by atoms with E-state index in [0.29, 0.717) is 6.10 Å². The maximum Gasteiger partial charge on any atom is 0.191 e. The second-order valence-electron chi connectivity index (χ2n) is 6.03. The van der Waals surface area contributed by atoms with E-state index in [-0.39, 0.29) is 0 Å². The molecule has 4 heteroatoms. The first-order valence-corrected chi connectivity index (χ1v) is 8.04. The van der Waals surface area contributed by atoms with Crippen LogP contribution in [0.15, 0.2) is 29.3 Å². The molecule has 2 saturated carbocycles. The van der Waals surface area contributed by atoms with E-state index in [2.05, 4.69) is 33.8 Å². The molecule has 1 aromatic carbocycles. The lowest BCUT2D eigenvalue weighted by Gasteiger charge is -2.27. The van der Waals surface area contributed by atoms with Crippen molar-refractivity contribution in [1.29, 1.82) is 0 Å². The summed E-state index contributed by atoms with van der Waals surface area (Å²) in [5.74, 6) is 2.73. The third kappa shape index (κ3) is 4.13. The molecule has 0 aliphatic heterocycles. The van der Waals surface area contributed by atoms with Gasteiger partial charge in [0, 0.05) is 25.7 Å². The van der Waals surface area contributed by atoms with Crippen LogP contribution in [0.25, 0.3) is 0 Å². The summed E-state index contributed by atoms with van der Waals surface area (Å²) in [6.07, 6.45) is 6.78. The van der Waals surface area contributed by atoms with Gasteiger partial charge in [-0.15, -0.1) is 0 Å². The number of hydrogen-bond acceptors (Lipinski definition) is 2. The predicted molar refractivity (Wildman–Crippen MR) is 85.6 cm³/mol. The van der Waals surface area contributed by atoms with Crippen molar-refractivity contribution in [2.75, 3.05) is 13.6 Å². The Balaban J connectivity index is 1.52. The van der Waals surface area contributed by atoms with Crippen LogP contribution >= 0.6 is 0 Å². The first kappa shape index (κ1) is 14.2. The number of guanidine groups is 1. The maximum absolute atomic E-state index is 6.06. The van der Waals surface area contributed by atoms with Gasteiger partial charge in [-0.1, -0.05) is 18.2 Å². The van der Waals surface area contributed by atoms with Gasteiger partial charge in [0.05, 0.1) is 6.10 Å². The van der Waals surface area contributed by atoms with E-state index in [1.54, 1.807) is 0 Å². The van der Waals surface area contributed by atoms with Crippen LogP contribution in [0.2, 0.25) is 0 Å². The van der Waals surface area contributed by atoms with Crippen LogP contribution in [0.1, 0.15) is 37.7 Å². The van der Waals surface area contributed by atoms with Gasteiger partial charge in [0.2, 0.25) is 0 Å². The van der Waals surface area contributed by atoms with Crippen molar-refractivity contribution in [2.45, 2.75) is 44.8 Å². The Labute approximate surface area is 127 Å². The minimum Gasteiger partial charge on any atom is -0.490 e. The third-order valence-corrected chi connectivity index (χ3v) is 4.24. The molecule has 0 heterocycles. The summed E-state index contributed by atoms with van der Waals surface area (Å²) in [7, 11) is 1.82. The lowest BCUT2D eigenvalue weighted by atomic mass is 9.96. The number of hydrogen-bond donors (Lipinski definition) is 2. The molecule has 0 amide bonds. The highest BCUT2D eigenvalue weighted by Crippen LogP contribution is 2.28. The number of ether oxygens (including phenoxy) is 1. The molecule has 0 spiro atoms. The van der Waals surface area contributed by atoms with Crippen molar-refractivity contribution < 1.29 is 4.74 Å². The van der Waals surface area contributed by atoms with E-state index in [0.717, 1.165) is 30.7 Å². The van der Waals surface area contributed by atoms with Gasteiger partial charge in [0.25, 0.3) is 0 Å². The highest BCUT2D eigenvalue weighted by molar-refractivity contribution is 5.79. The molecule has 4 nitrogen and oxygen atoms in total. The van der Waals surface area contributed by atoms with Gasteiger partial charge < -0.3 is 15.4 Å². The summed E-state index contributed by atoms with van der Waals surface area (Å²) in [5.41, 5.74) is 1.19. The molecule has 0 saturated heterocycles. The predicted octanol–water partition coefficient (Wildman–Crippen LogP) is 2.69. The molecule has 2 N–H and O–H groups in total. The molecular weight excluding hydrogens is 262 g/mol. The van der Waals surface area contributed by atoms with E-state index in [9.17, 15) is 0 Å². The standard InChI is InChI=1S/C17H25N3O/c1-18-17(19-11-13-9-10-13)20-12-14-5-2-3-8-16(14)21-15-6-4-7-15/h2-3,5,8,13,15H,4,6-7,9-12H2,1H3,(H2,18,19,20). The Morgan fingerprint density at radius 3 is 2.67 bits per heavy atom. The van der Waals surface area contributed by atoms with Crippen LogP contribution in [0.5, 0.6) is 5.75 Å². The summed E-state index contributed by atoms with van der Waals surface area (Å²) >= 11 is 0. The van der Waals surface area contributed by atoms with E-state index in [1.165, 1.54) is 37.7 Å². The Kier molecular flexibility index (Phi) is 4.63. The van der Waals surface area contributed by atoms with Crippen molar-refractivity contribution in [3.05, 3.63) is 29.8 Å². The highest BCUT2D eigenvalue weighted by Gasteiger charge is 2.21. The zero-order valence-corrected chi connectivity index (χ0v) is 12.8. The minimum atomic E-state index is 0.415. The van der Waals surface area contributed by atoms with Gasteiger partial charge in [-0.05, 0) is 44.1 Å². The van der Waals surface area contributed by atoms with Crippen LogP contribution in [0.4, 0.5) is 0 Å². The molecule has 0 aromatic heterocycles. The molecule has 2 fully saturated rings. The first-order valence-electron chi connectivity index (χ1n) is 8.04. The molecule has 114 valence electrons. The second-order valence-corrected chi connectivity index (χ2v) is 6.03. The number of nitrogens with one attached hydrogen (secondary N) is 2. The van der Waals surface area contributed by atoms with E-state index >= 15 is 0 Å². The van der Waals surface area contributed by atoms with Gasteiger partial charge in [-0.2, -0.15) is 0 Å². The molecule has 0 bridgehead atoms. The average molecular weight is 287 g/mol. The van der Waals surface area contributed by atoms with Crippen LogP contribution in [-0.4, -0.2) is 25.7 Å². The van der Waals surface area contributed by atoms with Crippen molar-refractivity contribution >= 4 is 5.96 Å². The molecule has 0 radical (unpaired) electrons. The molecule has 3 rings (SSSR count). The summed E-state index contributed by atoms with van der Waals surface area (Å²) in [6, 6.07) is 8.29. The van der Waals surface area contributed by atoms with Crippen LogP contribution in [0.3, 0.4) is 0 Å². The Hall–Kier alpha value is -1.71. The number of para-hydroxylation sites is 1. The summed E-state index contributed by atoms with van der Waals surface area (Å²) in [6.45, 7) is 1.77. The third-order valence-electron chi connectivity index (χ3n) is 4.24. The lowest BCUT2D eigenvalue weighted by Crippen LogP contribution is -2.38. The van der Waals surface area contributed by atoms with Gasteiger partial charge in [-0.25, -0.2) is 0 Å². The fourth-order valence-corrected chi connectivity index (χ4v) is 2.40. The Morgan fingerprint density at radius 1 is 1.19 bits per heavy atom. The molecular formula is C17H25N3O. The second kappa shape index (κ2) is 6.83. The first-order chi connectivity index (χ1) is 10.3. The maximum atomic E-state index is 6.06. The Morgan fingerprint density at radius 2 is 2.00 bits per heavy atom. The van der Waals surface area contributed by atoms with E-state index in [1.807, 2.05) is 13.1 Å². The fraction of sp³-hybridized carbons (Fsp3) is 0.588. The van der Waals surface area contributed by atoms with Gasteiger partial charge in [0.1, 0.15) is 5.75 Å². The van der Waals surface area contributed by atoms with Crippen molar-refractivity contribution in [3.8, 4) is 5.75 Å². The summed E-state index contributed by atoms with van der Waals surface area (Å²) < 4.78 is 6.06. The van der Waals surface area contributed by atoms with Crippen molar-refractivity contribution in [2.24, 2.45) is 10.9 Å².